The minimum Gasteiger partial charge on any atom is -0.392 e. The summed E-state index contributed by atoms with van der Waals surface area (Å²) < 4.78 is 0. The maximum Gasteiger partial charge on any atom is 0.132 e. The zero-order valence-electron chi connectivity index (χ0n) is 14.6. The van der Waals surface area contributed by atoms with Gasteiger partial charge in [0, 0.05) is 25.5 Å². The predicted octanol–water partition coefficient (Wildman–Crippen LogP) is 3.22. The van der Waals surface area contributed by atoms with Crippen LogP contribution in [0.4, 0.5) is 11.6 Å². The summed E-state index contributed by atoms with van der Waals surface area (Å²) in [7, 11) is 0. The molecule has 1 aliphatic heterocycles. The van der Waals surface area contributed by atoms with Gasteiger partial charge in [-0.2, -0.15) is 0 Å². The zero-order chi connectivity index (χ0) is 17.9. The molecule has 0 aliphatic carbocycles. The molecule has 0 aromatic carbocycles. The number of nitrogens with zero attached hydrogens (tertiary/aromatic N) is 4. The molecular formula is C19H21N5OS. The fourth-order valence-corrected chi connectivity index (χ4v) is 3.96. The molecule has 1 saturated heterocycles. The quantitative estimate of drug-likeness (QED) is 0.721. The highest BCUT2D eigenvalue weighted by molar-refractivity contribution is 7.15. The Balaban J connectivity index is 1.48. The maximum atomic E-state index is 9.65. The standard InChI is InChI=1S/C19H21N5OS/c1-13-5-7-20-18(9-13)23-17-4-2-3-15(22-17)16-10-21-19(26-16)12-24-8-6-14(25)11-24/h2-5,7,9-10,14,25H,6,8,11-12H2,1H3,(H,20,22,23). The fraction of sp³-hybridized carbons (Fsp3) is 0.316. The van der Waals surface area contributed by atoms with Gasteiger partial charge in [-0.3, -0.25) is 4.90 Å². The molecule has 3 aromatic heterocycles. The van der Waals surface area contributed by atoms with E-state index >= 15 is 0 Å². The summed E-state index contributed by atoms with van der Waals surface area (Å²) >= 11 is 1.65. The van der Waals surface area contributed by atoms with Gasteiger partial charge in [-0.05, 0) is 43.2 Å². The lowest BCUT2D eigenvalue weighted by molar-refractivity contribution is 0.175. The van der Waals surface area contributed by atoms with Gasteiger partial charge < -0.3 is 10.4 Å². The lowest BCUT2D eigenvalue weighted by Crippen LogP contribution is -2.21. The first-order valence-corrected chi connectivity index (χ1v) is 9.49. The van der Waals surface area contributed by atoms with Gasteiger partial charge in [0.1, 0.15) is 16.6 Å². The Morgan fingerprint density at radius 1 is 1.27 bits per heavy atom. The fourth-order valence-electron chi connectivity index (χ4n) is 3.03. The van der Waals surface area contributed by atoms with Crippen molar-refractivity contribution in [3.8, 4) is 10.6 Å². The van der Waals surface area contributed by atoms with E-state index in [-0.39, 0.29) is 6.10 Å². The Morgan fingerprint density at radius 2 is 2.19 bits per heavy atom. The van der Waals surface area contributed by atoms with E-state index < -0.39 is 0 Å². The Morgan fingerprint density at radius 3 is 3.00 bits per heavy atom. The summed E-state index contributed by atoms with van der Waals surface area (Å²) in [6.45, 7) is 4.48. The van der Waals surface area contributed by atoms with Crippen LogP contribution in [0.25, 0.3) is 10.6 Å². The lowest BCUT2D eigenvalue weighted by atomic mass is 10.3. The number of aromatic nitrogens is 3. The van der Waals surface area contributed by atoms with Crippen LogP contribution in [-0.2, 0) is 6.54 Å². The monoisotopic (exact) mass is 367 g/mol. The molecular weight excluding hydrogens is 346 g/mol. The number of β-amino-alcohol motifs (C(OH)–C–C–N with tert-alkyl or cyclic N) is 1. The van der Waals surface area contributed by atoms with Gasteiger partial charge in [-0.15, -0.1) is 11.3 Å². The van der Waals surface area contributed by atoms with Crippen LogP contribution < -0.4 is 5.32 Å². The van der Waals surface area contributed by atoms with Gasteiger partial charge in [0.2, 0.25) is 0 Å². The highest BCUT2D eigenvalue weighted by atomic mass is 32.1. The van der Waals surface area contributed by atoms with Crippen LogP contribution in [0, 0.1) is 6.92 Å². The van der Waals surface area contributed by atoms with Crippen molar-refractivity contribution in [2.45, 2.75) is 26.0 Å². The molecule has 134 valence electrons. The molecule has 4 heterocycles. The Kier molecular flexibility index (Phi) is 4.92. The van der Waals surface area contributed by atoms with E-state index in [2.05, 4.69) is 20.2 Å². The van der Waals surface area contributed by atoms with E-state index in [0.717, 1.165) is 58.8 Å². The molecule has 1 aliphatic rings. The summed E-state index contributed by atoms with van der Waals surface area (Å²) in [4.78, 5) is 16.8. The van der Waals surface area contributed by atoms with Crippen LogP contribution in [-0.4, -0.2) is 44.2 Å². The molecule has 1 atom stereocenters. The molecule has 1 unspecified atom stereocenters. The normalized spacial score (nSPS) is 17.5. The molecule has 0 saturated carbocycles. The second kappa shape index (κ2) is 7.49. The zero-order valence-corrected chi connectivity index (χ0v) is 15.4. The van der Waals surface area contributed by atoms with Crippen molar-refractivity contribution in [2.75, 3.05) is 18.4 Å². The van der Waals surface area contributed by atoms with Crippen molar-refractivity contribution in [1.82, 2.24) is 19.9 Å². The van der Waals surface area contributed by atoms with Crippen LogP contribution in [0.5, 0.6) is 0 Å². The average molecular weight is 367 g/mol. The first-order valence-electron chi connectivity index (χ1n) is 8.68. The molecule has 6 nitrogen and oxygen atoms in total. The van der Waals surface area contributed by atoms with Crippen LogP contribution in [0.3, 0.4) is 0 Å². The van der Waals surface area contributed by atoms with Crippen molar-refractivity contribution in [1.29, 1.82) is 0 Å². The van der Waals surface area contributed by atoms with E-state index in [4.69, 9.17) is 4.98 Å². The largest absolute Gasteiger partial charge is 0.392 e. The summed E-state index contributed by atoms with van der Waals surface area (Å²) in [5, 5.41) is 14.0. The summed E-state index contributed by atoms with van der Waals surface area (Å²) in [6.07, 6.45) is 4.31. The first-order chi connectivity index (χ1) is 12.7. The van der Waals surface area contributed by atoms with Crippen molar-refractivity contribution in [3.63, 3.8) is 0 Å². The van der Waals surface area contributed by atoms with Gasteiger partial charge in [0.15, 0.2) is 0 Å². The summed E-state index contributed by atoms with van der Waals surface area (Å²) in [5.41, 5.74) is 2.05. The van der Waals surface area contributed by atoms with Crippen LogP contribution in [0.2, 0.25) is 0 Å². The number of likely N-dealkylation sites (tertiary alicyclic amines) is 1. The minimum atomic E-state index is -0.200. The second-order valence-corrected chi connectivity index (χ2v) is 7.66. The third kappa shape index (κ3) is 4.07. The SMILES string of the molecule is Cc1ccnc(Nc2cccc(-c3cnc(CN4CCC(O)C4)s3)n2)c1. The number of nitrogens with one attached hydrogen (secondary N) is 1. The third-order valence-electron chi connectivity index (χ3n) is 4.33. The predicted molar refractivity (Wildman–Crippen MR) is 104 cm³/mol. The topological polar surface area (TPSA) is 74.2 Å². The molecule has 0 spiro atoms. The molecule has 0 amide bonds. The highest BCUT2D eigenvalue weighted by Crippen LogP contribution is 2.27. The van der Waals surface area contributed by atoms with E-state index in [1.165, 1.54) is 0 Å². The number of hydrogen-bond acceptors (Lipinski definition) is 7. The second-order valence-electron chi connectivity index (χ2n) is 6.55. The maximum absolute atomic E-state index is 9.65. The smallest absolute Gasteiger partial charge is 0.132 e. The number of hydrogen-bond donors (Lipinski definition) is 2. The lowest BCUT2D eigenvalue weighted by Gasteiger charge is -2.11. The Labute approximate surface area is 156 Å². The molecule has 0 bridgehead atoms. The first kappa shape index (κ1) is 17.1. The van der Waals surface area contributed by atoms with Gasteiger partial charge in [-0.25, -0.2) is 15.0 Å². The van der Waals surface area contributed by atoms with Crippen LogP contribution in [0.15, 0.2) is 42.7 Å². The number of aliphatic hydroxyl groups is 1. The molecule has 26 heavy (non-hydrogen) atoms. The van der Waals surface area contributed by atoms with Crippen molar-refractivity contribution in [2.24, 2.45) is 0 Å². The van der Waals surface area contributed by atoms with E-state index in [1.54, 1.807) is 17.5 Å². The van der Waals surface area contributed by atoms with E-state index in [0.29, 0.717) is 0 Å². The van der Waals surface area contributed by atoms with Crippen LogP contribution >= 0.6 is 11.3 Å². The molecule has 2 N–H and O–H groups in total. The summed E-state index contributed by atoms with van der Waals surface area (Å²) in [6, 6.07) is 9.86. The van der Waals surface area contributed by atoms with E-state index in [1.807, 2.05) is 43.5 Å². The Bertz CT molecular complexity index is 897. The number of rotatable bonds is 5. The van der Waals surface area contributed by atoms with Gasteiger partial charge >= 0.3 is 0 Å². The van der Waals surface area contributed by atoms with Gasteiger partial charge in [0.25, 0.3) is 0 Å². The molecule has 4 rings (SSSR count). The Hall–Kier alpha value is -2.35. The minimum absolute atomic E-state index is 0.200. The molecule has 3 aromatic rings. The van der Waals surface area contributed by atoms with Crippen molar-refractivity contribution in [3.05, 3.63) is 53.3 Å². The average Bonchev–Trinajstić information content (AvgIpc) is 3.25. The molecule has 0 radical (unpaired) electrons. The number of thiazole rings is 1. The van der Waals surface area contributed by atoms with Crippen LogP contribution in [0.1, 0.15) is 17.0 Å². The van der Waals surface area contributed by atoms with Crippen molar-refractivity contribution >= 4 is 23.0 Å². The van der Waals surface area contributed by atoms with Gasteiger partial charge in [0.05, 0.1) is 23.2 Å². The highest BCUT2D eigenvalue weighted by Gasteiger charge is 2.21. The third-order valence-corrected chi connectivity index (χ3v) is 5.34. The number of aryl methyl sites for hydroxylation is 1. The summed E-state index contributed by atoms with van der Waals surface area (Å²) in [5.74, 6) is 1.55. The number of anilines is 2. The number of aliphatic hydroxyl groups excluding tert-OH is 1. The van der Waals surface area contributed by atoms with Crippen molar-refractivity contribution < 1.29 is 5.11 Å². The number of pyridine rings is 2. The molecule has 1 fully saturated rings. The molecule has 7 heteroatoms. The van der Waals surface area contributed by atoms with E-state index in [9.17, 15) is 5.11 Å². The van der Waals surface area contributed by atoms with Gasteiger partial charge in [-0.1, -0.05) is 6.07 Å².